The number of nitrogens with one attached hydrogen (secondary N) is 1. The molecule has 1 aliphatic heterocycles. The molecular formula is C16H29N3O. The molecule has 4 nitrogen and oxygen atoms in total. The molecule has 0 aromatic carbocycles. The molecule has 1 aliphatic rings. The Morgan fingerprint density at radius 2 is 2.40 bits per heavy atom. The number of imidazole rings is 1. The summed E-state index contributed by atoms with van der Waals surface area (Å²) < 4.78 is 8.01. The highest BCUT2D eigenvalue weighted by Crippen LogP contribution is 2.19. The van der Waals surface area contributed by atoms with Crippen molar-refractivity contribution >= 4 is 0 Å². The molecule has 0 saturated carbocycles. The van der Waals surface area contributed by atoms with Gasteiger partial charge in [-0.25, -0.2) is 4.98 Å². The van der Waals surface area contributed by atoms with Crippen molar-refractivity contribution in [1.82, 2.24) is 14.9 Å². The standard InChI is InChI=1S/C16H29N3O/c1-3-9-17-14(13-15-6-4-5-12-20-15)7-8-16-18-10-11-19(16)2/h10-11,14-15,17H,3-9,12-13H2,1-2H3. The predicted octanol–water partition coefficient (Wildman–Crippen LogP) is 2.68. The van der Waals surface area contributed by atoms with E-state index >= 15 is 0 Å². The first-order valence-electron chi connectivity index (χ1n) is 8.10. The van der Waals surface area contributed by atoms with Gasteiger partial charge in [0.05, 0.1) is 6.10 Å². The normalized spacial score (nSPS) is 21.0. The number of nitrogens with zero attached hydrogens (tertiary/aromatic N) is 2. The van der Waals surface area contributed by atoms with E-state index in [-0.39, 0.29) is 0 Å². The average Bonchev–Trinajstić information content (AvgIpc) is 2.88. The highest BCUT2D eigenvalue weighted by Gasteiger charge is 2.19. The molecule has 20 heavy (non-hydrogen) atoms. The third-order valence-electron chi connectivity index (χ3n) is 4.14. The van der Waals surface area contributed by atoms with Crippen LogP contribution in [0.15, 0.2) is 12.4 Å². The second-order valence-electron chi connectivity index (χ2n) is 5.87. The molecule has 2 heterocycles. The summed E-state index contributed by atoms with van der Waals surface area (Å²) in [6.45, 7) is 4.27. The average molecular weight is 279 g/mol. The van der Waals surface area contributed by atoms with Crippen molar-refractivity contribution in [2.45, 2.75) is 64.0 Å². The van der Waals surface area contributed by atoms with Crippen LogP contribution in [0.5, 0.6) is 0 Å². The van der Waals surface area contributed by atoms with Gasteiger partial charge in [-0.2, -0.15) is 0 Å². The van der Waals surface area contributed by atoms with Gasteiger partial charge in [0.1, 0.15) is 5.82 Å². The highest BCUT2D eigenvalue weighted by atomic mass is 16.5. The van der Waals surface area contributed by atoms with Crippen LogP contribution >= 0.6 is 0 Å². The summed E-state index contributed by atoms with van der Waals surface area (Å²) in [4.78, 5) is 4.42. The lowest BCUT2D eigenvalue weighted by Gasteiger charge is -2.27. The molecule has 2 unspecified atom stereocenters. The van der Waals surface area contributed by atoms with E-state index in [9.17, 15) is 0 Å². The van der Waals surface area contributed by atoms with Crippen LogP contribution in [0.3, 0.4) is 0 Å². The smallest absolute Gasteiger partial charge is 0.108 e. The van der Waals surface area contributed by atoms with Gasteiger partial charge in [-0.15, -0.1) is 0 Å². The van der Waals surface area contributed by atoms with Crippen molar-refractivity contribution in [2.75, 3.05) is 13.2 Å². The number of aromatic nitrogens is 2. The molecule has 0 amide bonds. The molecule has 0 spiro atoms. The van der Waals surface area contributed by atoms with Crippen molar-refractivity contribution in [3.63, 3.8) is 0 Å². The van der Waals surface area contributed by atoms with Gasteiger partial charge in [0.15, 0.2) is 0 Å². The summed E-state index contributed by atoms with van der Waals surface area (Å²) in [5.74, 6) is 1.18. The van der Waals surface area contributed by atoms with Crippen LogP contribution in [-0.2, 0) is 18.2 Å². The Morgan fingerprint density at radius 3 is 3.05 bits per heavy atom. The Kier molecular flexibility index (Phi) is 6.54. The first kappa shape index (κ1) is 15.5. The lowest BCUT2D eigenvalue weighted by molar-refractivity contribution is 0.00471. The number of hydrogen-bond acceptors (Lipinski definition) is 3. The molecule has 4 heteroatoms. The van der Waals surface area contributed by atoms with E-state index in [4.69, 9.17) is 4.74 Å². The lowest BCUT2D eigenvalue weighted by atomic mass is 9.98. The molecule has 114 valence electrons. The largest absolute Gasteiger partial charge is 0.378 e. The van der Waals surface area contributed by atoms with Crippen molar-refractivity contribution in [1.29, 1.82) is 0 Å². The zero-order chi connectivity index (χ0) is 14.2. The maximum Gasteiger partial charge on any atom is 0.108 e. The Morgan fingerprint density at radius 1 is 1.50 bits per heavy atom. The quantitative estimate of drug-likeness (QED) is 0.795. The Bertz CT molecular complexity index is 372. The van der Waals surface area contributed by atoms with Gasteiger partial charge in [-0.05, 0) is 45.1 Å². The summed E-state index contributed by atoms with van der Waals surface area (Å²) in [5, 5.41) is 3.68. The molecule has 2 rings (SSSR count). The zero-order valence-corrected chi connectivity index (χ0v) is 13.0. The van der Waals surface area contributed by atoms with Gasteiger partial charge in [-0.3, -0.25) is 0 Å². The first-order valence-corrected chi connectivity index (χ1v) is 8.10. The van der Waals surface area contributed by atoms with Crippen molar-refractivity contribution in [3.8, 4) is 0 Å². The van der Waals surface area contributed by atoms with Crippen molar-refractivity contribution in [2.24, 2.45) is 7.05 Å². The lowest BCUT2D eigenvalue weighted by Crippen LogP contribution is -2.35. The molecule has 1 aromatic rings. The van der Waals surface area contributed by atoms with Gasteiger partial charge < -0.3 is 14.6 Å². The molecule has 1 saturated heterocycles. The predicted molar refractivity (Wildman–Crippen MR) is 81.8 cm³/mol. The zero-order valence-electron chi connectivity index (χ0n) is 13.0. The van der Waals surface area contributed by atoms with E-state index in [1.165, 1.54) is 31.5 Å². The van der Waals surface area contributed by atoms with Crippen LogP contribution in [0.25, 0.3) is 0 Å². The van der Waals surface area contributed by atoms with Gasteiger partial charge in [0.2, 0.25) is 0 Å². The first-order chi connectivity index (χ1) is 9.79. The monoisotopic (exact) mass is 279 g/mol. The maximum absolute atomic E-state index is 5.89. The molecule has 2 atom stereocenters. The van der Waals surface area contributed by atoms with E-state index in [1.54, 1.807) is 0 Å². The van der Waals surface area contributed by atoms with E-state index in [1.807, 2.05) is 12.4 Å². The van der Waals surface area contributed by atoms with Crippen molar-refractivity contribution in [3.05, 3.63) is 18.2 Å². The third kappa shape index (κ3) is 4.91. The Balaban J connectivity index is 1.80. The number of ether oxygens (including phenoxy) is 1. The summed E-state index contributed by atoms with van der Waals surface area (Å²) in [6, 6.07) is 0.551. The van der Waals surface area contributed by atoms with Crippen LogP contribution in [0.4, 0.5) is 0 Å². The maximum atomic E-state index is 5.89. The topological polar surface area (TPSA) is 39.1 Å². The second-order valence-corrected chi connectivity index (χ2v) is 5.87. The summed E-state index contributed by atoms with van der Waals surface area (Å²) in [5.41, 5.74) is 0. The highest BCUT2D eigenvalue weighted by molar-refractivity contribution is 4.92. The number of hydrogen-bond donors (Lipinski definition) is 1. The minimum atomic E-state index is 0.458. The summed E-state index contributed by atoms with van der Waals surface area (Å²) in [6.07, 6.45) is 12.7. The number of aryl methyl sites for hydroxylation is 2. The Hall–Kier alpha value is -0.870. The minimum absolute atomic E-state index is 0.458. The van der Waals surface area contributed by atoms with E-state index in [2.05, 4.69) is 28.8 Å². The van der Waals surface area contributed by atoms with E-state index in [0.717, 1.165) is 32.4 Å². The molecule has 1 N–H and O–H groups in total. The molecule has 1 fully saturated rings. The van der Waals surface area contributed by atoms with Gasteiger partial charge in [0.25, 0.3) is 0 Å². The summed E-state index contributed by atoms with van der Waals surface area (Å²) >= 11 is 0. The Labute approximate surface area is 122 Å². The van der Waals surface area contributed by atoms with E-state index < -0.39 is 0 Å². The molecule has 0 aliphatic carbocycles. The molecule has 1 aromatic heterocycles. The summed E-state index contributed by atoms with van der Waals surface area (Å²) in [7, 11) is 2.07. The second kappa shape index (κ2) is 8.42. The fourth-order valence-electron chi connectivity index (χ4n) is 2.90. The van der Waals surface area contributed by atoms with Crippen molar-refractivity contribution < 1.29 is 4.74 Å². The van der Waals surface area contributed by atoms with Gasteiger partial charge in [0, 0.05) is 38.5 Å². The minimum Gasteiger partial charge on any atom is -0.378 e. The molecule has 0 bridgehead atoms. The number of rotatable bonds is 8. The van der Waals surface area contributed by atoms with Crippen LogP contribution in [0.1, 0.15) is 51.3 Å². The third-order valence-corrected chi connectivity index (χ3v) is 4.14. The van der Waals surface area contributed by atoms with Crippen LogP contribution in [0.2, 0.25) is 0 Å². The SMILES string of the molecule is CCCNC(CCc1nccn1C)CC1CCCCO1. The van der Waals surface area contributed by atoms with E-state index in [0.29, 0.717) is 12.1 Å². The molecule has 0 radical (unpaired) electrons. The van der Waals surface area contributed by atoms with Crippen LogP contribution in [0, 0.1) is 0 Å². The van der Waals surface area contributed by atoms with Crippen LogP contribution in [-0.4, -0.2) is 34.8 Å². The fourth-order valence-corrected chi connectivity index (χ4v) is 2.90. The van der Waals surface area contributed by atoms with Crippen LogP contribution < -0.4 is 5.32 Å². The van der Waals surface area contributed by atoms with Gasteiger partial charge in [-0.1, -0.05) is 6.92 Å². The van der Waals surface area contributed by atoms with Gasteiger partial charge >= 0.3 is 0 Å². The molecular weight excluding hydrogens is 250 g/mol. The fraction of sp³-hybridized carbons (Fsp3) is 0.812.